The van der Waals surface area contributed by atoms with Crippen LogP contribution >= 0.6 is 11.6 Å². The number of hydrogen-bond donors (Lipinski definition) is 1. The average molecular weight is 419 g/mol. The van der Waals surface area contributed by atoms with Gasteiger partial charge in [0.15, 0.2) is 0 Å². The van der Waals surface area contributed by atoms with Gasteiger partial charge in [-0.2, -0.15) is 0 Å². The normalized spacial score (nSPS) is 26.3. The summed E-state index contributed by atoms with van der Waals surface area (Å²) in [5.41, 5.74) is 1.16. The van der Waals surface area contributed by atoms with E-state index in [0.29, 0.717) is 11.8 Å². The van der Waals surface area contributed by atoms with E-state index in [1.165, 1.54) is 38.5 Å². The second-order valence-corrected chi connectivity index (χ2v) is 9.75. The van der Waals surface area contributed by atoms with Crippen LogP contribution in [0.4, 0.5) is 0 Å². The van der Waals surface area contributed by atoms with E-state index in [1.807, 2.05) is 12.1 Å². The van der Waals surface area contributed by atoms with Gasteiger partial charge < -0.3 is 10.1 Å². The van der Waals surface area contributed by atoms with E-state index < -0.39 is 0 Å². The van der Waals surface area contributed by atoms with Crippen LogP contribution in [0.2, 0.25) is 5.02 Å². The van der Waals surface area contributed by atoms with Crippen LogP contribution in [-0.4, -0.2) is 36.5 Å². The van der Waals surface area contributed by atoms with Gasteiger partial charge in [-0.25, -0.2) is 0 Å². The van der Waals surface area contributed by atoms with E-state index in [4.69, 9.17) is 16.3 Å². The number of amides is 1. The molecule has 1 aromatic carbocycles. The zero-order chi connectivity index (χ0) is 20.2. The Hall–Kier alpha value is -1.26. The Morgan fingerprint density at radius 2 is 1.93 bits per heavy atom. The van der Waals surface area contributed by atoms with Crippen LogP contribution in [0, 0.1) is 17.8 Å². The highest BCUT2D eigenvalue weighted by atomic mass is 35.5. The van der Waals surface area contributed by atoms with Gasteiger partial charge >= 0.3 is 0 Å². The zero-order valence-electron chi connectivity index (χ0n) is 17.7. The molecule has 2 aliphatic carbocycles. The number of carbonyl (C=O) groups excluding carboxylic acids is 1. The number of likely N-dealkylation sites (tertiary alicyclic amines) is 1. The molecule has 1 aromatic rings. The van der Waals surface area contributed by atoms with Crippen LogP contribution in [0.1, 0.15) is 63.9 Å². The molecule has 1 heterocycles. The van der Waals surface area contributed by atoms with E-state index in [0.717, 1.165) is 55.4 Å². The summed E-state index contributed by atoms with van der Waals surface area (Å²) >= 11 is 6.64. The molecular weight excluding hydrogens is 384 g/mol. The smallest absolute Gasteiger partial charge is 0.223 e. The van der Waals surface area contributed by atoms with Gasteiger partial charge in [0, 0.05) is 19.0 Å². The fraction of sp³-hybridized carbons (Fsp3) is 0.708. The number of nitrogens with one attached hydrogen (secondary N) is 1. The molecule has 29 heavy (non-hydrogen) atoms. The molecule has 3 fully saturated rings. The first kappa shape index (κ1) is 21.0. The van der Waals surface area contributed by atoms with Gasteiger partial charge in [-0.1, -0.05) is 43.5 Å². The highest BCUT2D eigenvalue weighted by Crippen LogP contribution is 2.36. The molecule has 0 bridgehead atoms. The summed E-state index contributed by atoms with van der Waals surface area (Å²) in [5, 5.41) is 3.95. The van der Waals surface area contributed by atoms with Gasteiger partial charge in [0.2, 0.25) is 5.91 Å². The summed E-state index contributed by atoms with van der Waals surface area (Å²) in [6.45, 7) is 6.11. The minimum atomic E-state index is 0.154. The standard InChI is InChI=1S/C24H35ClN2O2/c1-17(19-7-2-3-8-19)24(28)26-15-18-13-21(14-18)29-22-10-6-9-20(23(22)25)16-27-11-4-5-12-27/h6,9-10,17-19,21H,2-5,7-8,11-16H2,1H3,(H,26,28). The topological polar surface area (TPSA) is 41.6 Å². The van der Waals surface area contributed by atoms with E-state index in [-0.39, 0.29) is 17.9 Å². The number of rotatable bonds is 8. The largest absolute Gasteiger partial charge is 0.489 e. The van der Waals surface area contributed by atoms with Gasteiger partial charge in [0.25, 0.3) is 0 Å². The Morgan fingerprint density at radius 3 is 2.66 bits per heavy atom. The van der Waals surface area contributed by atoms with Crippen molar-refractivity contribution in [2.45, 2.75) is 70.9 Å². The Labute approximate surface area is 180 Å². The highest BCUT2D eigenvalue weighted by Gasteiger charge is 2.33. The number of carbonyl (C=O) groups is 1. The molecule has 4 nitrogen and oxygen atoms in total. The molecule has 0 spiro atoms. The molecule has 1 aliphatic heterocycles. The van der Waals surface area contributed by atoms with Gasteiger partial charge in [0.05, 0.1) is 11.1 Å². The van der Waals surface area contributed by atoms with Crippen molar-refractivity contribution in [3.05, 3.63) is 28.8 Å². The fourth-order valence-corrected chi connectivity index (χ4v) is 5.38. The summed E-state index contributed by atoms with van der Waals surface area (Å²) < 4.78 is 6.19. The SMILES string of the molecule is CC(C(=O)NCC1CC(Oc2cccc(CN3CCCC3)c2Cl)C1)C1CCCC1. The van der Waals surface area contributed by atoms with Crippen LogP contribution in [0.5, 0.6) is 5.75 Å². The number of ether oxygens (including phenoxy) is 1. The quantitative estimate of drug-likeness (QED) is 0.643. The lowest BCUT2D eigenvalue weighted by Crippen LogP contribution is -2.43. The van der Waals surface area contributed by atoms with E-state index in [2.05, 4.69) is 23.2 Å². The van der Waals surface area contributed by atoms with E-state index >= 15 is 0 Å². The summed E-state index contributed by atoms with van der Waals surface area (Å²) in [5.74, 6) is 2.31. The van der Waals surface area contributed by atoms with Crippen molar-refractivity contribution in [3.8, 4) is 5.75 Å². The number of hydrogen-bond acceptors (Lipinski definition) is 3. The second kappa shape index (κ2) is 9.70. The van der Waals surface area contributed by atoms with Crippen molar-refractivity contribution in [3.63, 3.8) is 0 Å². The van der Waals surface area contributed by atoms with E-state index in [9.17, 15) is 4.79 Å². The lowest BCUT2D eigenvalue weighted by Gasteiger charge is -2.36. The first-order chi connectivity index (χ1) is 14.1. The molecule has 1 amide bonds. The Bertz CT molecular complexity index is 692. The van der Waals surface area contributed by atoms with Gasteiger partial charge in [-0.3, -0.25) is 9.69 Å². The van der Waals surface area contributed by atoms with Crippen LogP contribution in [0.25, 0.3) is 0 Å². The molecule has 4 rings (SSSR count). The van der Waals surface area contributed by atoms with E-state index in [1.54, 1.807) is 0 Å². The molecule has 3 aliphatic rings. The third-order valence-electron chi connectivity index (χ3n) is 7.21. The average Bonchev–Trinajstić information content (AvgIpc) is 3.39. The number of benzene rings is 1. The summed E-state index contributed by atoms with van der Waals surface area (Å²) in [6.07, 6.45) is 9.76. The first-order valence-corrected chi connectivity index (χ1v) is 11.9. The number of halogens is 1. The van der Waals surface area contributed by atoms with Gasteiger partial charge in [-0.05, 0) is 75.1 Å². The molecule has 160 valence electrons. The molecule has 1 N–H and O–H groups in total. The van der Waals surface area contributed by atoms with Gasteiger partial charge in [-0.15, -0.1) is 0 Å². The summed E-state index contributed by atoms with van der Waals surface area (Å²) in [4.78, 5) is 14.9. The number of nitrogens with zero attached hydrogens (tertiary/aromatic N) is 1. The Balaban J connectivity index is 1.20. The molecule has 1 saturated heterocycles. The first-order valence-electron chi connectivity index (χ1n) is 11.5. The van der Waals surface area contributed by atoms with Gasteiger partial charge in [0.1, 0.15) is 5.75 Å². The summed E-state index contributed by atoms with van der Waals surface area (Å²) in [7, 11) is 0. The van der Waals surface area contributed by atoms with Crippen molar-refractivity contribution < 1.29 is 9.53 Å². The van der Waals surface area contributed by atoms with Crippen molar-refractivity contribution in [2.24, 2.45) is 17.8 Å². The molecule has 0 aromatic heterocycles. The third-order valence-corrected chi connectivity index (χ3v) is 7.64. The summed E-state index contributed by atoms with van der Waals surface area (Å²) in [6, 6.07) is 6.14. The lowest BCUT2D eigenvalue weighted by atomic mass is 9.82. The lowest BCUT2D eigenvalue weighted by molar-refractivity contribution is -0.126. The zero-order valence-corrected chi connectivity index (χ0v) is 18.4. The van der Waals surface area contributed by atoms with Crippen molar-refractivity contribution >= 4 is 17.5 Å². The maximum atomic E-state index is 12.4. The van der Waals surface area contributed by atoms with Crippen LogP contribution < -0.4 is 10.1 Å². The second-order valence-electron chi connectivity index (χ2n) is 9.37. The van der Waals surface area contributed by atoms with Crippen LogP contribution in [-0.2, 0) is 11.3 Å². The molecule has 1 atom stereocenters. The van der Waals surface area contributed by atoms with Crippen molar-refractivity contribution in [1.82, 2.24) is 10.2 Å². The Morgan fingerprint density at radius 1 is 1.21 bits per heavy atom. The predicted octanol–water partition coefficient (Wildman–Crippen LogP) is 5.04. The molecule has 2 saturated carbocycles. The minimum Gasteiger partial charge on any atom is -0.489 e. The molecule has 5 heteroatoms. The van der Waals surface area contributed by atoms with Crippen molar-refractivity contribution in [2.75, 3.05) is 19.6 Å². The third kappa shape index (κ3) is 5.27. The minimum absolute atomic E-state index is 0.154. The monoisotopic (exact) mass is 418 g/mol. The maximum Gasteiger partial charge on any atom is 0.223 e. The molecule has 1 unspecified atom stereocenters. The molecular formula is C24H35ClN2O2. The Kier molecular flexibility index (Phi) is 7.02. The fourth-order valence-electron chi connectivity index (χ4n) is 5.15. The van der Waals surface area contributed by atoms with Crippen LogP contribution in [0.15, 0.2) is 18.2 Å². The molecule has 0 radical (unpaired) electrons. The van der Waals surface area contributed by atoms with Crippen LogP contribution in [0.3, 0.4) is 0 Å². The van der Waals surface area contributed by atoms with Crippen molar-refractivity contribution in [1.29, 1.82) is 0 Å². The highest BCUT2D eigenvalue weighted by molar-refractivity contribution is 6.32. The predicted molar refractivity (Wildman–Crippen MR) is 117 cm³/mol. The maximum absolute atomic E-state index is 12.4.